The average molecular weight is 318 g/mol. The third-order valence-corrected chi connectivity index (χ3v) is 4.05. The van der Waals surface area contributed by atoms with Gasteiger partial charge in [0.05, 0.1) is 11.6 Å². The highest BCUT2D eigenvalue weighted by atomic mass is 35.5. The maximum absolute atomic E-state index is 12.3. The molecular formula is C18H20ClNO2. The van der Waals surface area contributed by atoms with Crippen LogP contribution < -0.4 is 0 Å². The van der Waals surface area contributed by atoms with Crippen molar-refractivity contribution < 1.29 is 9.53 Å². The lowest BCUT2D eigenvalue weighted by Crippen LogP contribution is -2.34. The number of likely N-dealkylation sites (N-methyl/N-ethyl adjacent to an activating group) is 1. The van der Waals surface area contributed by atoms with Crippen LogP contribution in [0.2, 0.25) is 0 Å². The number of ether oxygens (including phenoxy) is 1. The van der Waals surface area contributed by atoms with E-state index in [0.717, 1.165) is 12.0 Å². The van der Waals surface area contributed by atoms with Crippen molar-refractivity contribution in [3.8, 4) is 0 Å². The highest BCUT2D eigenvalue weighted by Gasteiger charge is 2.36. The summed E-state index contributed by atoms with van der Waals surface area (Å²) in [7, 11) is 4.06. The summed E-state index contributed by atoms with van der Waals surface area (Å²) in [5.74, 6) is -0.260. The fourth-order valence-electron chi connectivity index (χ4n) is 2.89. The molecule has 0 heterocycles. The van der Waals surface area contributed by atoms with Crippen LogP contribution in [0.4, 0.5) is 0 Å². The zero-order valence-corrected chi connectivity index (χ0v) is 13.5. The molecule has 1 aliphatic rings. The summed E-state index contributed by atoms with van der Waals surface area (Å²) in [5, 5.41) is 0. The van der Waals surface area contributed by atoms with Crippen LogP contribution in [-0.2, 0) is 11.2 Å². The Hall–Kier alpha value is -1.84. The van der Waals surface area contributed by atoms with Crippen LogP contribution in [0, 0.1) is 0 Å². The van der Waals surface area contributed by atoms with Gasteiger partial charge in [0.2, 0.25) is 0 Å². The first kappa shape index (κ1) is 16.5. The van der Waals surface area contributed by atoms with Crippen molar-refractivity contribution >= 4 is 18.4 Å². The van der Waals surface area contributed by atoms with Gasteiger partial charge >= 0.3 is 5.97 Å². The molecule has 0 spiro atoms. The molecule has 0 fully saturated rings. The van der Waals surface area contributed by atoms with Crippen LogP contribution in [-0.4, -0.2) is 31.0 Å². The molecule has 22 heavy (non-hydrogen) atoms. The van der Waals surface area contributed by atoms with E-state index >= 15 is 0 Å². The summed E-state index contributed by atoms with van der Waals surface area (Å²) in [6.45, 7) is 0. The van der Waals surface area contributed by atoms with Crippen LogP contribution in [0.15, 0.2) is 54.6 Å². The summed E-state index contributed by atoms with van der Waals surface area (Å²) < 4.78 is 5.82. The molecule has 116 valence electrons. The first-order chi connectivity index (χ1) is 10.2. The minimum absolute atomic E-state index is 0. The number of hydrogen-bond donors (Lipinski definition) is 0. The maximum Gasteiger partial charge on any atom is 0.338 e. The Morgan fingerprint density at radius 1 is 1.05 bits per heavy atom. The van der Waals surface area contributed by atoms with Gasteiger partial charge in [0.25, 0.3) is 0 Å². The van der Waals surface area contributed by atoms with Crippen LogP contribution in [0.5, 0.6) is 0 Å². The van der Waals surface area contributed by atoms with Gasteiger partial charge in [0, 0.05) is 0 Å². The second-order valence-electron chi connectivity index (χ2n) is 5.63. The van der Waals surface area contributed by atoms with Gasteiger partial charge in [0.1, 0.15) is 6.10 Å². The molecule has 0 saturated heterocycles. The number of carbonyl (C=O) groups excluding carboxylic acids is 1. The van der Waals surface area contributed by atoms with Gasteiger partial charge in [-0.05, 0) is 43.8 Å². The van der Waals surface area contributed by atoms with Crippen molar-refractivity contribution in [2.75, 3.05) is 14.1 Å². The molecule has 0 bridgehead atoms. The maximum atomic E-state index is 12.3. The summed E-state index contributed by atoms with van der Waals surface area (Å²) in [5.41, 5.74) is 2.99. The SMILES string of the molecule is CN(C)C1Cc2ccccc2C1OC(=O)c1ccccc1.Cl. The van der Waals surface area contributed by atoms with E-state index in [2.05, 4.69) is 17.0 Å². The number of fused-ring (bicyclic) bond motifs is 1. The van der Waals surface area contributed by atoms with Gasteiger partial charge in [0.15, 0.2) is 0 Å². The van der Waals surface area contributed by atoms with E-state index in [-0.39, 0.29) is 30.5 Å². The van der Waals surface area contributed by atoms with Gasteiger partial charge < -0.3 is 9.64 Å². The fourth-order valence-corrected chi connectivity index (χ4v) is 2.89. The Balaban J connectivity index is 0.00000176. The van der Waals surface area contributed by atoms with E-state index in [1.54, 1.807) is 12.1 Å². The fraction of sp³-hybridized carbons (Fsp3) is 0.278. The van der Waals surface area contributed by atoms with E-state index < -0.39 is 0 Å². The molecule has 3 nitrogen and oxygen atoms in total. The molecule has 0 amide bonds. The molecule has 0 aliphatic heterocycles. The predicted octanol–water partition coefficient (Wildman–Crippen LogP) is 3.49. The lowest BCUT2D eigenvalue weighted by atomic mass is 10.1. The molecule has 0 radical (unpaired) electrons. The van der Waals surface area contributed by atoms with E-state index in [1.165, 1.54) is 5.56 Å². The average Bonchev–Trinajstić information content (AvgIpc) is 2.87. The van der Waals surface area contributed by atoms with E-state index in [1.807, 2.05) is 44.4 Å². The Labute approximate surface area is 137 Å². The van der Waals surface area contributed by atoms with Crippen molar-refractivity contribution in [2.45, 2.75) is 18.6 Å². The first-order valence-corrected chi connectivity index (χ1v) is 7.17. The second-order valence-corrected chi connectivity index (χ2v) is 5.63. The molecule has 2 unspecified atom stereocenters. The summed E-state index contributed by atoms with van der Waals surface area (Å²) in [4.78, 5) is 14.5. The normalized spacial score (nSPS) is 19.4. The molecule has 1 aliphatic carbocycles. The standard InChI is InChI=1S/C18H19NO2.ClH/c1-19(2)16-12-14-10-6-7-11-15(14)17(16)21-18(20)13-8-4-3-5-9-13;/h3-11,16-17H,12H2,1-2H3;1H. The van der Waals surface area contributed by atoms with Gasteiger partial charge in [-0.25, -0.2) is 4.79 Å². The van der Waals surface area contributed by atoms with Crippen LogP contribution in [0.1, 0.15) is 27.6 Å². The molecule has 0 N–H and O–H groups in total. The topological polar surface area (TPSA) is 29.5 Å². The number of halogens is 1. The lowest BCUT2D eigenvalue weighted by molar-refractivity contribution is 0.0108. The number of rotatable bonds is 3. The molecule has 2 aromatic rings. The minimum Gasteiger partial charge on any atom is -0.452 e. The van der Waals surface area contributed by atoms with Gasteiger partial charge in [-0.15, -0.1) is 12.4 Å². The van der Waals surface area contributed by atoms with Crippen molar-refractivity contribution in [2.24, 2.45) is 0 Å². The lowest BCUT2D eigenvalue weighted by Gasteiger charge is -2.26. The molecule has 0 aromatic heterocycles. The van der Waals surface area contributed by atoms with Gasteiger partial charge in [-0.2, -0.15) is 0 Å². The summed E-state index contributed by atoms with van der Waals surface area (Å²) in [6, 6.07) is 17.6. The molecule has 3 rings (SSSR count). The number of hydrogen-bond acceptors (Lipinski definition) is 3. The van der Waals surface area contributed by atoms with E-state index in [9.17, 15) is 4.79 Å². The van der Waals surface area contributed by atoms with Crippen LogP contribution >= 0.6 is 12.4 Å². The number of esters is 1. The van der Waals surface area contributed by atoms with E-state index in [4.69, 9.17) is 4.74 Å². The minimum atomic E-state index is -0.260. The molecular weight excluding hydrogens is 298 g/mol. The molecule has 2 aromatic carbocycles. The predicted molar refractivity (Wildman–Crippen MR) is 89.5 cm³/mol. The number of nitrogens with zero attached hydrogens (tertiary/aromatic N) is 1. The smallest absolute Gasteiger partial charge is 0.338 e. The Kier molecular flexibility index (Phi) is 5.22. The van der Waals surface area contributed by atoms with Crippen LogP contribution in [0.25, 0.3) is 0 Å². The largest absolute Gasteiger partial charge is 0.452 e. The highest BCUT2D eigenvalue weighted by molar-refractivity contribution is 5.89. The summed E-state index contributed by atoms with van der Waals surface area (Å²) in [6.07, 6.45) is 0.708. The van der Waals surface area contributed by atoms with E-state index in [0.29, 0.717) is 5.56 Å². The quantitative estimate of drug-likeness (QED) is 0.812. The Bertz CT molecular complexity index is 643. The van der Waals surface area contributed by atoms with Crippen molar-refractivity contribution in [1.29, 1.82) is 0 Å². The number of benzene rings is 2. The molecule has 0 saturated carbocycles. The molecule has 2 atom stereocenters. The first-order valence-electron chi connectivity index (χ1n) is 7.17. The van der Waals surface area contributed by atoms with Gasteiger partial charge in [-0.3, -0.25) is 0 Å². The molecule has 4 heteroatoms. The van der Waals surface area contributed by atoms with Crippen molar-refractivity contribution in [3.63, 3.8) is 0 Å². The van der Waals surface area contributed by atoms with Crippen LogP contribution in [0.3, 0.4) is 0 Å². The third-order valence-electron chi connectivity index (χ3n) is 4.05. The monoisotopic (exact) mass is 317 g/mol. The van der Waals surface area contributed by atoms with Crippen molar-refractivity contribution in [3.05, 3.63) is 71.3 Å². The second kappa shape index (κ2) is 6.95. The Morgan fingerprint density at radius 3 is 2.36 bits per heavy atom. The highest BCUT2D eigenvalue weighted by Crippen LogP contribution is 2.36. The zero-order chi connectivity index (χ0) is 14.8. The number of carbonyl (C=O) groups is 1. The third kappa shape index (κ3) is 3.16. The Morgan fingerprint density at radius 2 is 1.68 bits per heavy atom. The van der Waals surface area contributed by atoms with Gasteiger partial charge in [-0.1, -0.05) is 42.5 Å². The van der Waals surface area contributed by atoms with Crippen molar-refractivity contribution in [1.82, 2.24) is 4.90 Å². The summed E-state index contributed by atoms with van der Waals surface area (Å²) >= 11 is 0. The zero-order valence-electron chi connectivity index (χ0n) is 12.7.